The number of hydrogen-bond donors (Lipinski definition) is 1. The average molecular weight is 458 g/mol. The van der Waals surface area contributed by atoms with Crippen molar-refractivity contribution < 1.29 is 4.79 Å². The van der Waals surface area contributed by atoms with Crippen LogP contribution in [0, 0.1) is 6.92 Å². The summed E-state index contributed by atoms with van der Waals surface area (Å²) >= 11 is 3.03. The topological polar surface area (TPSA) is 54.9 Å². The normalized spacial score (nSPS) is 10.7. The van der Waals surface area contributed by atoms with Crippen LogP contribution < -0.4 is 5.32 Å². The van der Waals surface area contributed by atoms with Crippen molar-refractivity contribution in [2.45, 2.75) is 34.2 Å². The van der Waals surface area contributed by atoms with Crippen molar-refractivity contribution in [1.29, 1.82) is 0 Å². The molecule has 6 heteroatoms. The quantitative estimate of drug-likeness (QED) is 0.254. The largest absolute Gasteiger partial charge is 0.347 e. The molecule has 0 atom stereocenters. The van der Waals surface area contributed by atoms with Crippen molar-refractivity contribution in [1.82, 2.24) is 15.3 Å². The van der Waals surface area contributed by atoms with Gasteiger partial charge < -0.3 is 5.32 Å². The predicted molar refractivity (Wildman–Crippen MR) is 131 cm³/mol. The van der Waals surface area contributed by atoms with Crippen LogP contribution in [-0.2, 0) is 12.3 Å². The van der Waals surface area contributed by atoms with E-state index in [-0.39, 0.29) is 5.91 Å². The lowest BCUT2D eigenvalue weighted by Gasteiger charge is -2.11. The monoisotopic (exact) mass is 457 g/mol. The minimum atomic E-state index is -0.201. The highest BCUT2D eigenvalue weighted by Gasteiger charge is 2.17. The molecular formula is C26H23N3OS2. The van der Waals surface area contributed by atoms with Gasteiger partial charge in [0.2, 0.25) is 0 Å². The molecule has 0 aliphatic heterocycles. The number of carbonyl (C=O) groups excluding carboxylic acids is 1. The van der Waals surface area contributed by atoms with Gasteiger partial charge in [-0.1, -0.05) is 96.3 Å². The zero-order chi connectivity index (χ0) is 22.2. The van der Waals surface area contributed by atoms with Crippen LogP contribution in [0.25, 0.3) is 0 Å². The zero-order valence-corrected chi connectivity index (χ0v) is 19.3. The highest BCUT2D eigenvalue weighted by molar-refractivity contribution is 7.99. The van der Waals surface area contributed by atoms with Crippen molar-refractivity contribution in [2.24, 2.45) is 0 Å². The molecule has 1 N–H and O–H groups in total. The van der Waals surface area contributed by atoms with E-state index < -0.39 is 0 Å². The van der Waals surface area contributed by atoms with E-state index in [1.807, 2.05) is 72.8 Å². The first-order valence-corrected chi connectivity index (χ1v) is 12.1. The molecule has 32 heavy (non-hydrogen) atoms. The maximum absolute atomic E-state index is 13.1. The van der Waals surface area contributed by atoms with Gasteiger partial charge in [-0.3, -0.25) is 4.79 Å². The molecule has 4 rings (SSSR count). The van der Waals surface area contributed by atoms with Crippen LogP contribution in [0.1, 0.15) is 27.2 Å². The number of nitrogens with one attached hydrogen (secondary N) is 1. The molecule has 0 aliphatic rings. The van der Waals surface area contributed by atoms with Crippen LogP contribution >= 0.6 is 23.5 Å². The number of aryl methyl sites for hydroxylation is 1. The van der Waals surface area contributed by atoms with Crippen molar-refractivity contribution in [3.05, 3.63) is 114 Å². The van der Waals surface area contributed by atoms with Crippen LogP contribution in [0.5, 0.6) is 0 Å². The van der Waals surface area contributed by atoms with E-state index in [1.165, 1.54) is 34.7 Å². The van der Waals surface area contributed by atoms with Gasteiger partial charge in [-0.2, -0.15) is 0 Å². The number of nitrogens with zero attached hydrogens (tertiary/aromatic N) is 2. The van der Waals surface area contributed by atoms with Crippen LogP contribution in [0.2, 0.25) is 0 Å². The fourth-order valence-electron chi connectivity index (χ4n) is 3.05. The third-order valence-corrected chi connectivity index (χ3v) is 6.77. The van der Waals surface area contributed by atoms with Gasteiger partial charge in [0.05, 0.1) is 4.90 Å². The first-order chi connectivity index (χ1) is 15.7. The van der Waals surface area contributed by atoms with Crippen molar-refractivity contribution >= 4 is 29.4 Å². The third kappa shape index (κ3) is 5.99. The van der Waals surface area contributed by atoms with Gasteiger partial charge >= 0.3 is 0 Å². The SMILES string of the molecule is Cc1ccccc1CSc1ncc(Sc2ccccc2)c(C(=O)NCc2ccccc2)n1. The Hall–Kier alpha value is -3.09. The molecule has 0 unspecified atom stereocenters. The van der Waals surface area contributed by atoms with Gasteiger partial charge in [-0.05, 0) is 35.7 Å². The number of aromatic nitrogens is 2. The highest BCUT2D eigenvalue weighted by atomic mass is 32.2. The molecule has 3 aromatic carbocycles. The van der Waals surface area contributed by atoms with E-state index in [1.54, 1.807) is 6.20 Å². The Morgan fingerprint density at radius 3 is 2.34 bits per heavy atom. The summed E-state index contributed by atoms with van der Waals surface area (Å²) in [6, 6.07) is 28.1. The molecule has 0 aliphatic carbocycles. The molecule has 0 bridgehead atoms. The summed E-state index contributed by atoms with van der Waals surface area (Å²) in [5, 5.41) is 3.59. The molecular weight excluding hydrogens is 434 g/mol. The van der Waals surface area contributed by atoms with E-state index in [0.717, 1.165) is 21.1 Å². The Morgan fingerprint density at radius 1 is 0.906 bits per heavy atom. The first kappa shape index (κ1) is 22.1. The summed E-state index contributed by atoms with van der Waals surface area (Å²) in [4.78, 5) is 24.0. The standard InChI is InChI=1S/C26H23N3OS2/c1-19-10-8-9-13-21(19)18-31-26-28-17-23(32-22-14-6-3-7-15-22)24(29-26)25(30)27-16-20-11-4-2-5-12-20/h2-15,17H,16,18H2,1H3,(H,27,30). The zero-order valence-electron chi connectivity index (χ0n) is 17.7. The van der Waals surface area contributed by atoms with E-state index in [2.05, 4.69) is 34.3 Å². The van der Waals surface area contributed by atoms with Gasteiger partial charge in [0.25, 0.3) is 5.91 Å². The fraction of sp³-hybridized carbons (Fsp3) is 0.115. The minimum Gasteiger partial charge on any atom is -0.347 e. The highest BCUT2D eigenvalue weighted by Crippen LogP contribution is 2.31. The first-order valence-electron chi connectivity index (χ1n) is 10.3. The Labute approximate surface area is 196 Å². The van der Waals surface area contributed by atoms with Gasteiger partial charge in [0.15, 0.2) is 5.16 Å². The number of benzene rings is 3. The lowest BCUT2D eigenvalue weighted by molar-refractivity contribution is 0.0941. The van der Waals surface area contributed by atoms with Gasteiger partial charge in [-0.25, -0.2) is 9.97 Å². The van der Waals surface area contributed by atoms with Crippen molar-refractivity contribution in [2.75, 3.05) is 0 Å². The van der Waals surface area contributed by atoms with Crippen LogP contribution in [0.15, 0.2) is 106 Å². The molecule has 0 radical (unpaired) electrons. The fourth-order valence-corrected chi connectivity index (χ4v) is 4.83. The summed E-state index contributed by atoms with van der Waals surface area (Å²) in [5.74, 6) is 0.551. The smallest absolute Gasteiger partial charge is 0.271 e. The molecule has 0 fully saturated rings. The van der Waals surface area contributed by atoms with Crippen molar-refractivity contribution in [3.8, 4) is 0 Å². The number of rotatable bonds is 8. The molecule has 1 heterocycles. The molecule has 4 aromatic rings. The summed E-state index contributed by atoms with van der Waals surface area (Å²) in [6.45, 7) is 2.55. The molecule has 4 nitrogen and oxygen atoms in total. The number of amides is 1. The lowest BCUT2D eigenvalue weighted by atomic mass is 10.1. The summed E-state index contributed by atoms with van der Waals surface area (Å²) in [7, 11) is 0. The Morgan fingerprint density at radius 2 is 1.59 bits per heavy atom. The van der Waals surface area contributed by atoms with E-state index >= 15 is 0 Å². The van der Waals surface area contributed by atoms with E-state index in [4.69, 9.17) is 0 Å². The van der Waals surface area contributed by atoms with Crippen molar-refractivity contribution in [3.63, 3.8) is 0 Å². The Balaban J connectivity index is 1.55. The van der Waals surface area contributed by atoms with Crippen LogP contribution in [0.4, 0.5) is 0 Å². The Kier molecular flexibility index (Phi) is 7.59. The van der Waals surface area contributed by atoms with E-state index in [9.17, 15) is 4.79 Å². The molecule has 1 amide bonds. The summed E-state index contributed by atoms with van der Waals surface area (Å²) in [5.41, 5.74) is 3.91. The van der Waals surface area contributed by atoms with Crippen LogP contribution in [0.3, 0.4) is 0 Å². The molecule has 1 aromatic heterocycles. The molecule has 0 spiro atoms. The number of hydrogen-bond acceptors (Lipinski definition) is 5. The molecule has 0 saturated heterocycles. The van der Waals surface area contributed by atoms with E-state index in [0.29, 0.717) is 17.4 Å². The number of carbonyl (C=O) groups is 1. The van der Waals surface area contributed by atoms with Gasteiger partial charge in [0, 0.05) is 23.4 Å². The summed E-state index contributed by atoms with van der Waals surface area (Å²) in [6.07, 6.45) is 1.75. The molecule has 160 valence electrons. The molecule has 0 saturated carbocycles. The van der Waals surface area contributed by atoms with Gasteiger partial charge in [0.1, 0.15) is 5.69 Å². The Bertz CT molecular complexity index is 1180. The lowest BCUT2D eigenvalue weighted by Crippen LogP contribution is -2.25. The number of thioether (sulfide) groups is 1. The average Bonchev–Trinajstić information content (AvgIpc) is 2.84. The van der Waals surface area contributed by atoms with Gasteiger partial charge in [-0.15, -0.1) is 0 Å². The maximum Gasteiger partial charge on any atom is 0.271 e. The minimum absolute atomic E-state index is 0.201. The second-order valence-electron chi connectivity index (χ2n) is 7.16. The predicted octanol–water partition coefficient (Wildman–Crippen LogP) is 6.16. The third-order valence-electron chi connectivity index (χ3n) is 4.83. The maximum atomic E-state index is 13.1. The van der Waals surface area contributed by atoms with Crippen LogP contribution in [-0.4, -0.2) is 15.9 Å². The summed E-state index contributed by atoms with van der Waals surface area (Å²) < 4.78 is 0. The second-order valence-corrected chi connectivity index (χ2v) is 9.22. The second kappa shape index (κ2) is 11.0.